The molecule has 0 spiro atoms. The van der Waals surface area contributed by atoms with E-state index in [1.807, 2.05) is 6.92 Å². The van der Waals surface area contributed by atoms with E-state index in [4.69, 9.17) is 0 Å². The lowest BCUT2D eigenvalue weighted by Gasteiger charge is -1.89. The van der Waals surface area contributed by atoms with E-state index in [0.29, 0.717) is 0 Å². The smallest absolute Gasteiger partial charge is 0.437 e. The first-order valence-corrected chi connectivity index (χ1v) is 3.04. The van der Waals surface area contributed by atoms with Crippen LogP contribution >= 0.6 is 0 Å². The highest BCUT2D eigenvalue weighted by Gasteiger charge is 1.93. The predicted molar refractivity (Wildman–Crippen MR) is 36.2 cm³/mol. The molecule has 0 aromatic heterocycles. The Kier molecular flexibility index (Phi) is 5.26. The van der Waals surface area contributed by atoms with Gasteiger partial charge in [-0.25, -0.2) is 4.79 Å². The molecule has 56 valence electrons. The Morgan fingerprint density at radius 1 is 1.60 bits per heavy atom. The number of ether oxygens (including phenoxy) is 2. The fourth-order valence-electron chi connectivity index (χ4n) is 0.295. The Morgan fingerprint density at radius 3 is 2.80 bits per heavy atom. The molecule has 3 heteroatoms. The highest BCUT2D eigenvalue weighted by molar-refractivity contribution is 5.60. The van der Waals surface area contributed by atoms with Crippen LogP contribution in [0.2, 0.25) is 0 Å². The summed E-state index contributed by atoms with van der Waals surface area (Å²) in [5.74, 6) is 2.63. The zero-order valence-electron chi connectivity index (χ0n) is 6.14. The van der Waals surface area contributed by atoms with Gasteiger partial charge in [0.1, 0.15) is 6.11 Å². The second-order valence-electron chi connectivity index (χ2n) is 1.59. The molecule has 3 nitrogen and oxygen atoms in total. The van der Waals surface area contributed by atoms with E-state index in [-0.39, 0.29) is 0 Å². The minimum Gasteiger partial charge on any atom is -0.437 e. The molecular formula is C7H10O3. The van der Waals surface area contributed by atoms with Crippen molar-refractivity contribution in [3.05, 3.63) is 0 Å². The van der Waals surface area contributed by atoms with Crippen molar-refractivity contribution in [2.24, 2.45) is 0 Å². The van der Waals surface area contributed by atoms with E-state index < -0.39 is 6.16 Å². The summed E-state index contributed by atoms with van der Waals surface area (Å²) in [7, 11) is 1.24. The molecule has 0 amide bonds. The number of carbonyl (C=O) groups excluding carboxylic acids is 1. The molecule has 0 aromatic rings. The third-order valence-electron chi connectivity index (χ3n) is 0.748. The molecule has 0 bridgehead atoms. The lowest BCUT2D eigenvalue weighted by atomic mass is 10.4. The van der Waals surface area contributed by atoms with E-state index in [1.165, 1.54) is 7.11 Å². The molecule has 0 unspecified atom stereocenters. The van der Waals surface area contributed by atoms with Crippen molar-refractivity contribution in [1.29, 1.82) is 0 Å². The summed E-state index contributed by atoms with van der Waals surface area (Å²) in [5, 5.41) is 0. The van der Waals surface area contributed by atoms with Crippen molar-refractivity contribution in [2.75, 3.05) is 7.11 Å². The van der Waals surface area contributed by atoms with Gasteiger partial charge in [-0.3, -0.25) is 0 Å². The van der Waals surface area contributed by atoms with Crippen molar-refractivity contribution < 1.29 is 14.3 Å². The highest BCUT2D eigenvalue weighted by atomic mass is 16.7. The minimum atomic E-state index is -0.761. The van der Waals surface area contributed by atoms with Gasteiger partial charge in [0.05, 0.1) is 7.11 Å². The van der Waals surface area contributed by atoms with Crippen LogP contribution in [0, 0.1) is 12.0 Å². The van der Waals surface area contributed by atoms with Gasteiger partial charge in [0.25, 0.3) is 0 Å². The van der Waals surface area contributed by atoms with Gasteiger partial charge in [-0.1, -0.05) is 12.8 Å². The molecule has 0 aliphatic heterocycles. The average molecular weight is 142 g/mol. The van der Waals surface area contributed by atoms with E-state index in [1.54, 1.807) is 0 Å². The van der Waals surface area contributed by atoms with Crippen LogP contribution in [0.15, 0.2) is 0 Å². The molecular weight excluding hydrogens is 132 g/mol. The topological polar surface area (TPSA) is 35.5 Å². The first-order chi connectivity index (χ1) is 4.81. The number of carbonyl (C=O) groups is 1. The van der Waals surface area contributed by atoms with Crippen LogP contribution in [-0.2, 0) is 9.47 Å². The molecule has 0 radical (unpaired) electrons. The van der Waals surface area contributed by atoms with Crippen LogP contribution in [0.25, 0.3) is 0 Å². The van der Waals surface area contributed by atoms with Crippen LogP contribution in [0.1, 0.15) is 19.8 Å². The summed E-state index contributed by atoms with van der Waals surface area (Å²) < 4.78 is 8.44. The van der Waals surface area contributed by atoms with Crippen molar-refractivity contribution in [3.8, 4) is 12.0 Å². The molecule has 0 heterocycles. The fraction of sp³-hybridized carbons (Fsp3) is 0.571. The van der Waals surface area contributed by atoms with Gasteiger partial charge in [-0.2, -0.15) is 0 Å². The van der Waals surface area contributed by atoms with Gasteiger partial charge in [-0.05, 0) is 6.42 Å². The maximum absolute atomic E-state index is 10.2. The van der Waals surface area contributed by atoms with Gasteiger partial charge < -0.3 is 9.47 Å². The second kappa shape index (κ2) is 5.96. The minimum absolute atomic E-state index is 0.733. The van der Waals surface area contributed by atoms with E-state index in [2.05, 4.69) is 21.5 Å². The first kappa shape index (κ1) is 8.83. The first-order valence-electron chi connectivity index (χ1n) is 3.04. The Hall–Kier alpha value is -1.17. The Bertz CT molecular complexity index is 152. The monoisotopic (exact) mass is 142 g/mol. The van der Waals surface area contributed by atoms with Crippen LogP contribution in [0.5, 0.6) is 0 Å². The van der Waals surface area contributed by atoms with E-state index in [0.717, 1.165) is 12.8 Å². The summed E-state index contributed by atoms with van der Waals surface area (Å²) >= 11 is 0. The standard InChI is InChI=1S/C7H10O3/c1-3-4-5-6-10-7(8)9-2/h3-4H2,1-2H3. The normalized spacial score (nSPS) is 7.40. The molecule has 0 aromatic carbocycles. The Labute approximate surface area is 60.3 Å². The quantitative estimate of drug-likeness (QED) is 0.411. The molecule has 0 N–H and O–H groups in total. The molecule has 10 heavy (non-hydrogen) atoms. The maximum atomic E-state index is 10.2. The summed E-state index contributed by atoms with van der Waals surface area (Å²) in [6.45, 7) is 1.99. The number of hydrogen-bond acceptors (Lipinski definition) is 3. The van der Waals surface area contributed by atoms with Gasteiger partial charge in [0.2, 0.25) is 0 Å². The lowest BCUT2D eigenvalue weighted by Crippen LogP contribution is -1.98. The molecule has 0 atom stereocenters. The van der Waals surface area contributed by atoms with Gasteiger partial charge in [0, 0.05) is 6.42 Å². The number of rotatable bonds is 1. The van der Waals surface area contributed by atoms with Crippen LogP contribution < -0.4 is 0 Å². The highest BCUT2D eigenvalue weighted by Crippen LogP contribution is 1.82. The van der Waals surface area contributed by atoms with E-state index in [9.17, 15) is 4.79 Å². The molecule has 0 saturated heterocycles. The third-order valence-corrected chi connectivity index (χ3v) is 0.748. The van der Waals surface area contributed by atoms with Gasteiger partial charge in [0.15, 0.2) is 0 Å². The Balaban J connectivity index is 3.36. The van der Waals surface area contributed by atoms with E-state index >= 15 is 0 Å². The number of unbranched alkanes of at least 4 members (excludes halogenated alkanes) is 1. The summed E-state index contributed by atoms with van der Waals surface area (Å²) in [6, 6.07) is 0. The fourth-order valence-corrected chi connectivity index (χ4v) is 0.295. The van der Waals surface area contributed by atoms with Crippen molar-refractivity contribution in [2.45, 2.75) is 19.8 Å². The predicted octanol–water partition coefficient (Wildman–Crippen LogP) is 1.53. The van der Waals surface area contributed by atoms with Crippen molar-refractivity contribution >= 4 is 6.16 Å². The zero-order valence-corrected chi connectivity index (χ0v) is 6.14. The number of hydrogen-bond donors (Lipinski definition) is 0. The second-order valence-corrected chi connectivity index (χ2v) is 1.59. The number of methoxy groups -OCH3 is 1. The SMILES string of the molecule is CCCC#COC(=O)OC. The summed E-state index contributed by atoms with van der Waals surface area (Å²) in [5.41, 5.74) is 0. The van der Waals surface area contributed by atoms with Crippen molar-refractivity contribution in [1.82, 2.24) is 0 Å². The molecule has 0 aliphatic carbocycles. The average Bonchev–Trinajstić information content (AvgIpc) is 1.98. The largest absolute Gasteiger partial charge is 0.522 e. The Morgan fingerprint density at radius 2 is 2.30 bits per heavy atom. The molecule has 0 fully saturated rings. The lowest BCUT2D eigenvalue weighted by molar-refractivity contribution is 0.112. The molecule has 0 aliphatic rings. The zero-order chi connectivity index (χ0) is 7.82. The summed E-state index contributed by atoms with van der Waals surface area (Å²) in [4.78, 5) is 10.2. The summed E-state index contributed by atoms with van der Waals surface area (Å²) in [6.07, 6.45) is 3.14. The van der Waals surface area contributed by atoms with Gasteiger partial charge in [-0.15, -0.1) is 0 Å². The van der Waals surface area contributed by atoms with Crippen molar-refractivity contribution in [3.63, 3.8) is 0 Å². The maximum Gasteiger partial charge on any atom is 0.522 e. The third kappa shape index (κ3) is 4.98. The van der Waals surface area contributed by atoms with Gasteiger partial charge >= 0.3 is 6.16 Å². The van der Waals surface area contributed by atoms with Crippen LogP contribution in [0.3, 0.4) is 0 Å². The van der Waals surface area contributed by atoms with Crippen LogP contribution in [0.4, 0.5) is 4.79 Å². The molecule has 0 saturated carbocycles. The van der Waals surface area contributed by atoms with Crippen LogP contribution in [-0.4, -0.2) is 13.3 Å². The molecule has 0 rings (SSSR count).